The molecule has 0 aromatic heterocycles. The highest BCUT2D eigenvalue weighted by Gasteiger charge is 2.42. The fourth-order valence-electron chi connectivity index (χ4n) is 3.72. The smallest absolute Gasteiger partial charge is 0.271 e. The Morgan fingerprint density at radius 3 is 2.64 bits per heavy atom. The molecule has 2 unspecified atom stereocenters. The van der Waals surface area contributed by atoms with Gasteiger partial charge in [0.1, 0.15) is 0 Å². The second kappa shape index (κ2) is 7.27. The lowest BCUT2D eigenvalue weighted by Crippen LogP contribution is -2.56. The van der Waals surface area contributed by atoms with Gasteiger partial charge in [-0.05, 0) is 24.3 Å². The zero-order valence-corrected chi connectivity index (χ0v) is 15.4. The minimum absolute atomic E-state index is 0. The average Bonchev–Trinajstić information content (AvgIpc) is 2.92. The molecule has 138 valence electrons. The van der Waals surface area contributed by atoms with Gasteiger partial charge in [0.2, 0.25) is 5.91 Å². The van der Waals surface area contributed by atoms with Crippen molar-refractivity contribution in [1.82, 2.24) is 4.90 Å². The molecule has 3 rings (SSSR count). The van der Waals surface area contributed by atoms with E-state index in [1.165, 1.54) is 12.1 Å². The number of carbonyl (C=O) groups excluding carboxylic acids is 1. The van der Waals surface area contributed by atoms with E-state index in [2.05, 4.69) is 18.7 Å². The van der Waals surface area contributed by atoms with Crippen LogP contribution in [0.5, 0.6) is 0 Å². The zero-order chi connectivity index (χ0) is 17.5. The summed E-state index contributed by atoms with van der Waals surface area (Å²) in [6.45, 7) is 6.49. The van der Waals surface area contributed by atoms with Crippen molar-refractivity contribution < 1.29 is 9.72 Å². The maximum absolute atomic E-state index is 12.9. The third-order valence-corrected chi connectivity index (χ3v) is 5.31. The lowest BCUT2D eigenvalue weighted by molar-refractivity contribution is -0.384. The first-order valence-corrected chi connectivity index (χ1v) is 8.35. The average molecular weight is 369 g/mol. The van der Waals surface area contributed by atoms with Crippen LogP contribution in [-0.4, -0.2) is 47.4 Å². The van der Waals surface area contributed by atoms with Gasteiger partial charge in [-0.3, -0.25) is 19.8 Å². The highest BCUT2D eigenvalue weighted by molar-refractivity contribution is 5.99. The number of amides is 1. The van der Waals surface area contributed by atoms with Gasteiger partial charge >= 0.3 is 0 Å². The highest BCUT2D eigenvalue weighted by atomic mass is 35.5. The van der Waals surface area contributed by atoms with Crippen molar-refractivity contribution in [3.8, 4) is 0 Å². The van der Waals surface area contributed by atoms with E-state index >= 15 is 0 Å². The molecule has 0 spiro atoms. The number of rotatable bonds is 3. The zero-order valence-electron chi connectivity index (χ0n) is 14.6. The number of nitrogens with two attached hydrogens (primary N) is 1. The Morgan fingerprint density at radius 1 is 1.28 bits per heavy atom. The highest BCUT2D eigenvalue weighted by Crippen LogP contribution is 2.33. The number of carbonyl (C=O) groups is 1. The number of anilines is 1. The van der Waals surface area contributed by atoms with Crippen LogP contribution in [0.4, 0.5) is 11.4 Å². The Kier molecular flexibility index (Phi) is 5.71. The maximum Gasteiger partial charge on any atom is 0.271 e. The maximum atomic E-state index is 12.9. The molecule has 1 aromatic rings. The minimum Gasteiger partial charge on any atom is -0.327 e. The van der Waals surface area contributed by atoms with Crippen LogP contribution in [-0.2, 0) is 4.79 Å². The van der Waals surface area contributed by atoms with E-state index in [1.54, 1.807) is 17.0 Å². The molecule has 2 aliphatic rings. The van der Waals surface area contributed by atoms with Crippen LogP contribution in [0.3, 0.4) is 0 Å². The quantitative estimate of drug-likeness (QED) is 0.652. The number of likely N-dealkylation sites (tertiary alicyclic amines) is 1. The van der Waals surface area contributed by atoms with Crippen LogP contribution >= 0.6 is 12.4 Å². The fraction of sp³-hybridized carbons (Fsp3) is 0.588. The van der Waals surface area contributed by atoms with E-state index in [9.17, 15) is 14.9 Å². The predicted octanol–water partition coefficient (Wildman–Crippen LogP) is 2.18. The van der Waals surface area contributed by atoms with Gasteiger partial charge in [0.15, 0.2) is 0 Å². The summed E-state index contributed by atoms with van der Waals surface area (Å²) in [7, 11) is 0. The van der Waals surface area contributed by atoms with Gasteiger partial charge in [0.25, 0.3) is 5.69 Å². The van der Waals surface area contributed by atoms with E-state index in [0.29, 0.717) is 12.2 Å². The van der Waals surface area contributed by atoms with Crippen molar-refractivity contribution in [2.45, 2.75) is 38.8 Å². The summed E-state index contributed by atoms with van der Waals surface area (Å²) in [5, 5.41) is 10.9. The second-order valence-electron chi connectivity index (χ2n) is 7.43. The van der Waals surface area contributed by atoms with Crippen molar-refractivity contribution in [1.29, 1.82) is 0 Å². The molecule has 0 bridgehead atoms. The Bertz CT molecular complexity index is 667. The van der Waals surface area contributed by atoms with Crippen LogP contribution < -0.4 is 10.6 Å². The summed E-state index contributed by atoms with van der Waals surface area (Å²) in [6, 6.07) is 6.28. The molecule has 2 saturated heterocycles. The summed E-state index contributed by atoms with van der Waals surface area (Å²) in [4.78, 5) is 27.3. The van der Waals surface area contributed by atoms with Crippen LogP contribution in [0.25, 0.3) is 0 Å². The molecule has 2 atom stereocenters. The number of halogens is 1. The van der Waals surface area contributed by atoms with Gasteiger partial charge in [-0.15, -0.1) is 12.4 Å². The number of nitro groups is 1. The Morgan fingerprint density at radius 2 is 2.00 bits per heavy atom. The van der Waals surface area contributed by atoms with E-state index in [4.69, 9.17) is 5.73 Å². The number of hydrogen-bond donors (Lipinski definition) is 1. The Labute approximate surface area is 153 Å². The molecule has 1 aromatic carbocycles. The van der Waals surface area contributed by atoms with Crippen LogP contribution in [0.15, 0.2) is 24.3 Å². The normalized spacial score (nSPS) is 26.4. The summed E-state index contributed by atoms with van der Waals surface area (Å²) in [5.41, 5.74) is 6.78. The number of hydrogen-bond acceptors (Lipinski definition) is 5. The summed E-state index contributed by atoms with van der Waals surface area (Å²) < 4.78 is 0. The van der Waals surface area contributed by atoms with Gasteiger partial charge in [-0.2, -0.15) is 0 Å². The SMILES string of the molecule is CC1(C)CN(C2CCN(c3cccc([N+](=O)[O-])c3)C2=O)CCC1N.Cl. The standard InChI is InChI=1S/C17H24N4O3.ClH/c1-17(2)11-19(8-7-15(17)18)14-6-9-20(16(14)22)12-4-3-5-13(10-12)21(23)24;/h3-5,10,14-15H,6-9,11,18H2,1-2H3;1H. The first-order chi connectivity index (χ1) is 11.3. The lowest BCUT2D eigenvalue weighted by atomic mass is 9.79. The molecule has 2 heterocycles. The van der Waals surface area contributed by atoms with Gasteiger partial charge in [0, 0.05) is 37.8 Å². The molecular formula is C17H25ClN4O3. The van der Waals surface area contributed by atoms with Gasteiger partial charge in [0.05, 0.1) is 16.7 Å². The second-order valence-corrected chi connectivity index (χ2v) is 7.43. The number of nitro benzene ring substituents is 1. The largest absolute Gasteiger partial charge is 0.327 e. The Balaban J connectivity index is 0.00000225. The molecule has 2 fully saturated rings. The van der Waals surface area contributed by atoms with Crippen molar-refractivity contribution in [2.75, 3.05) is 24.5 Å². The molecule has 2 aliphatic heterocycles. The molecule has 0 saturated carbocycles. The molecule has 2 N–H and O–H groups in total. The lowest BCUT2D eigenvalue weighted by Gasteiger charge is -2.44. The van der Waals surface area contributed by atoms with Crippen LogP contribution in [0, 0.1) is 15.5 Å². The van der Waals surface area contributed by atoms with Crippen molar-refractivity contribution in [3.05, 3.63) is 34.4 Å². The van der Waals surface area contributed by atoms with Gasteiger partial charge < -0.3 is 10.6 Å². The first kappa shape index (κ1) is 19.6. The molecule has 7 nitrogen and oxygen atoms in total. The molecular weight excluding hydrogens is 344 g/mol. The summed E-state index contributed by atoms with van der Waals surface area (Å²) in [5.74, 6) is 0.0294. The van der Waals surface area contributed by atoms with E-state index in [-0.39, 0.29) is 41.5 Å². The van der Waals surface area contributed by atoms with Gasteiger partial charge in [-0.25, -0.2) is 0 Å². The summed E-state index contributed by atoms with van der Waals surface area (Å²) >= 11 is 0. The predicted molar refractivity (Wildman–Crippen MR) is 99.0 cm³/mol. The Hall–Kier alpha value is -1.70. The molecule has 0 aliphatic carbocycles. The first-order valence-electron chi connectivity index (χ1n) is 8.35. The third kappa shape index (κ3) is 3.78. The number of non-ortho nitro benzene ring substituents is 1. The summed E-state index contributed by atoms with van der Waals surface area (Å²) in [6.07, 6.45) is 1.63. The number of piperidine rings is 1. The number of benzene rings is 1. The molecule has 25 heavy (non-hydrogen) atoms. The van der Waals surface area contributed by atoms with Crippen molar-refractivity contribution in [2.24, 2.45) is 11.1 Å². The van der Waals surface area contributed by atoms with E-state index < -0.39 is 4.92 Å². The van der Waals surface area contributed by atoms with Crippen LogP contribution in [0.1, 0.15) is 26.7 Å². The number of nitrogens with zero attached hydrogens (tertiary/aromatic N) is 3. The van der Waals surface area contributed by atoms with Crippen molar-refractivity contribution >= 4 is 29.7 Å². The van der Waals surface area contributed by atoms with Crippen molar-refractivity contribution in [3.63, 3.8) is 0 Å². The topological polar surface area (TPSA) is 92.7 Å². The van der Waals surface area contributed by atoms with E-state index in [0.717, 1.165) is 25.9 Å². The molecule has 8 heteroatoms. The van der Waals surface area contributed by atoms with Gasteiger partial charge in [-0.1, -0.05) is 19.9 Å². The monoisotopic (exact) mass is 368 g/mol. The van der Waals surface area contributed by atoms with E-state index in [1.807, 2.05) is 0 Å². The molecule has 0 radical (unpaired) electrons. The molecule has 1 amide bonds. The van der Waals surface area contributed by atoms with Crippen LogP contribution in [0.2, 0.25) is 0 Å². The third-order valence-electron chi connectivity index (χ3n) is 5.31. The minimum atomic E-state index is -0.434. The fourth-order valence-corrected chi connectivity index (χ4v) is 3.72.